The lowest BCUT2D eigenvalue weighted by molar-refractivity contribution is -0.153. The average Bonchev–Trinajstić information content (AvgIpc) is 2.83. The van der Waals surface area contributed by atoms with Gasteiger partial charge in [0.05, 0.1) is 18.4 Å². The Morgan fingerprint density at radius 3 is 2.24 bits per heavy atom. The zero-order chi connectivity index (χ0) is 24.5. The number of carbonyl (C=O) groups is 3. The first-order valence-corrected chi connectivity index (χ1v) is 11.8. The van der Waals surface area contributed by atoms with Gasteiger partial charge in [-0.15, -0.1) is 0 Å². The predicted octanol–water partition coefficient (Wildman–Crippen LogP) is 3.82. The van der Waals surface area contributed by atoms with Gasteiger partial charge in [0.2, 0.25) is 0 Å². The summed E-state index contributed by atoms with van der Waals surface area (Å²) >= 11 is 0. The molecule has 0 fully saturated rings. The van der Waals surface area contributed by atoms with E-state index in [4.69, 9.17) is 19.3 Å². The van der Waals surface area contributed by atoms with Gasteiger partial charge in [0.25, 0.3) is 0 Å². The Hall–Kier alpha value is -2.61. The van der Waals surface area contributed by atoms with Crippen molar-refractivity contribution in [2.45, 2.75) is 58.8 Å². The van der Waals surface area contributed by atoms with E-state index in [1.54, 1.807) is 6.92 Å². The number of aliphatic hydroxyl groups is 1. The minimum atomic E-state index is -0.536. The van der Waals surface area contributed by atoms with Gasteiger partial charge in [0.15, 0.2) is 0 Å². The Kier molecular flexibility index (Phi) is 14.6. The van der Waals surface area contributed by atoms with E-state index in [1.807, 2.05) is 37.3 Å². The fourth-order valence-corrected chi connectivity index (χ4v) is 3.52. The molecule has 0 aliphatic rings. The summed E-state index contributed by atoms with van der Waals surface area (Å²) in [5, 5.41) is 11.5. The number of nitrogens with one attached hydrogen (secondary N) is 1. The van der Waals surface area contributed by atoms with Crippen LogP contribution >= 0.6 is 0 Å². The van der Waals surface area contributed by atoms with Crippen molar-refractivity contribution in [1.29, 1.82) is 0 Å². The van der Waals surface area contributed by atoms with E-state index in [0.29, 0.717) is 13.0 Å². The van der Waals surface area contributed by atoms with Crippen molar-refractivity contribution >= 4 is 18.0 Å². The van der Waals surface area contributed by atoms with Gasteiger partial charge < -0.3 is 24.6 Å². The standard InChI is InChI=1S/C25H39NO7/c1-4-6-12-26-25(30)33-16-15-32-24(29)22(17-19(3)23(28)31-14-13-27)18-20(5-2)21-10-8-7-9-11-21/h7-11,19-20,22,27H,4-6,12-18H2,1-3H3,(H,26,30). The van der Waals surface area contributed by atoms with Crippen molar-refractivity contribution in [2.75, 3.05) is 33.0 Å². The maximum Gasteiger partial charge on any atom is 0.407 e. The molecule has 0 saturated heterocycles. The van der Waals surface area contributed by atoms with Gasteiger partial charge in [0.1, 0.15) is 19.8 Å². The van der Waals surface area contributed by atoms with Crippen LogP contribution in [-0.4, -0.2) is 56.1 Å². The third kappa shape index (κ3) is 11.7. The summed E-state index contributed by atoms with van der Waals surface area (Å²) in [5.41, 5.74) is 1.13. The number of carbonyl (C=O) groups excluding carboxylic acids is 3. The maximum absolute atomic E-state index is 12.9. The van der Waals surface area contributed by atoms with E-state index in [9.17, 15) is 14.4 Å². The SMILES string of the molecule is CCCCNC(=O)OCCOC(=O)C(CC(C)C(=O)OCCO)CC(CC)c1ccccc1. The number of hydrogen-bond donors (Lipinski definition) is 2. The summed E-state index contributed by atoms with van der Waals surface area (Å²) in [6.45, 7) is 5.91. The molecule has 8 heteroatoms. The molecule has 1 amide bonds. The Morgan fingerprint density at radius 2 is 1.61 bits per heavy atom. The zero-order valence-corrected chi connectivity index (χ0v) is 20.1. The molecule has 3 atom stereocenters. The fraction of sp³-hybridized carbons (Fsp3) is 0.640. The van der Waals surface area contributed by atoms with Crippen LogP contribution in [0, 0.1) is 11.8 Å². The van der Waals surface area contributed by atoms with Crippen LogP contribution < -0.4 is 5.32 Å². The minimum absolute atomic E-state index is 0.0413. The lowest BCUT2D eigenvalue weighted by Crippen LogP contribution is -2.29. The molecule has 0 bridgehead atoms. The molecular formula is C25H39NO7. The highest BCUT2D eigenvalue weighted by atomic mass is 16.6. The summed E-state index contributed by atoms with van der Waals surface area (Å²) in [6, 6.07) is 9.92. The molecule has 0 aromatic heterocycles. The summed E-state index contributed by atoms with van der Waals surface area (Å²) in [5.74, 6) is -1.80. The van der Waals surface area contributed by atoms with Crippen molar-refractivity contribution < 1.29 is 33.7 Å². The molecular weight excluding hydrogens is 426 g/mol. The number of unbranched alkanes of at least 4 members (excludes halogenated alkanes) is 1. The lowest BCUT2D eigenvalue weighted by atomic mass is 9.83. The van der Waals surface area contributed by atoms with Crippen molar-refractivity contribution in [3.63, 3.8) is 0 Å². The van der Waals surface area contributed by atoms with E-state index in [0.717, 1.165) is 24.8 Å². The quantitative estimate of drug-likeness (QED) is 0.217. The maximum atomic E-state index is 12.9. The monoisotopic (exact) mass is 465 g/mol. The van der Waals surface area contributed by atoms with Gasteiger partial charge in [-0.1, -0.05) is 57.5 Å². The second-order valence-corrected chi connectivity index (χ2v) is 8.06. The molecule has 0 saturated carbocycles. The van der Waals surface area contributed by atoms with E-state index in [2.05, 4.69) is 12.2 Å². The predicted molar refractivity (Wildman–Crippen MR) is 125 cm³/mol. The molecule has 1 rings (SSSR count). The van der Waals surface area contributed by atoms with Crippen LogP contribution in [0.2, 0.25) is 0 Å². The van der Waals surface area contributed by atoms with E-state index in [1.165, 1.54) is 0 Å². The van der Waals surface area contributed by atoms with Gasteiger partial charge in [-0.2, -0.15) is 0 Å². The second-order valence-electron chi connectivity index (χ2n) is 8.06. The summed E-state index contributed by atoms with van der Waals surface area (Å²) in [4.78, 5) is 36.7. The molecule has 0 heterocycles. The van der Waals surface area contributed by atoms with Crippen molar-refractivity contribution in [3.05, 3.63) is 35.9 Å². The molecule has 3 unspecified atom stereocenters. The van der Waals surface area contributed by atoms with Crippen LogP contribution in [0.25, 0.3) is 0 Å². The number of aliphatic hydroxyl groups excluding tert-OH is 1. The molecule has 0 aliphatic carbocycles. The fourth-order valence-electron chi connectivity index (χ4n) is 3.52. The number of rotatable bonds is 16. The van der Waals surface area contributed by atoms with Gasteiger partial charge in [-0.05, 0) is 37.2 Å². The van der Waals surface area contributed by atoms with Crippen LogP contribution in [0.4, 0.5) is 4.79 Å². The molecule has 1 aromatic carbocycles. The van der Waals surface area contributed by atoms with Crippen LogP contribution in [-0.2, 0) is 23.8 Å². The van der Waals surface area contributed by atoms with Gasteiger partial charge >= 0.3 is 18.0 Å². The zero-order valence-electron chi connectivity index (χ0n) is 20.1. The van der Waals surface area contributed by atoms with Gasteiger partial charge in [0, 0.05) is 6.54 Å². The number of alkyl carbamates (subject to hydrolysis) is 1. The number of esters is 2. The second kappa shape index (κ2) is 16.9. The Bertz CT molecular complexity index is 695. The number of hydrogen-bond acceptors (Lipinski definition) is 7. The first-order valence-electron chi connectivity index (χ1n) is 11.8. The van der Waals surface area contributed by atoms with Gasteiger partial charge in [-0.25, -0.2) is 4.79 Å². The third-order valence-corrected chi connectivity index (χ3v) is 5.40. The molecule has 8 nitrogen and oxygen atoms in total. The highest BCUT2D eigenvalue weighted by Crippen LogP contribution is 2.31. The normalized spacial score (nSPS) is 13.5. The summed E-state index contributed by atoms with van der Waals surface area (Å²) in [7, 11) is 0. The van der Waals surface area contributed by atoms with Crippen molar-refractivity contribution in [3.8, 4) is 0 Å². The van der Waals surface area contributed by atoms with E-state index < -0.39 is 29.9 Å². The molecule has 0 radical (unpaired) electrons. The van der Waals surface area contributed by atoms with Crippen molar-refractivity contribution in [1.82, 2.24) is 5.32 Å². The number of benzene rings is 1. The number of ether oxygens (including phenoxy) is 3. The third-order valence-electron chi connectivity index (χ3n) is 5.40. The molecule has 0 spiro atoms. The largest absolute Gasteiger partial charge is 0.463 e. The topological polar surface area (TPSA) is 111 Å². The minimum Gasteiger partial charge on any atom is -0.463 e. The molecule has 0 aliphatic heterocycles. The smallest absolute Gasteiger partial charge is 0.407 e. The summed E-state index contributed by atoms with van der Waals surface area (Å²) in [6.07, 6.45) is 2.92. The Balaban J connectivity index is 2.70. The number of amides is 1. The Morgan fingerprint density at radius 1 is 0.939 bits per heavy atom. The molecule has 2 N–H and O–H groups in total. The first-order chi connectivity index (χ1) is 15.9. The average molecular weight is 466 g/mol. The van der Waals surface area contributed by atoms with E-state index in [-0.39, 0.29) is 38.8 Å². The van der Waals surface area contributed by atoms with Crippen molar-refractivity contribution in [2.24, 2.45) is 11.8 Å². The van der Waals surface area contributed by atoms with Crippen LogP contribution in [0.5, 0.6) is 0 Å². The van der Waals surface area contributed by atoms with Gasteiger partial charge in [-0.3, -0.25) is 9.59 Å². The van der Waals surface area contributed by atoms with Crippen LogP contribution in [0.3, 0.4) is 0 Å². The summed E-state index contributed by atoms with van der Waals surface area (Å²) < 4.78 is 15.4. The highest BCUT2D eigenvalue weighted by molar-refractivity contribution is 5.76. The van der Waals surface area contributed by atoms with Crippen LogP contribution in [0.15, 0.2) is 30.3 Å². The van der Waals surface area contributed by atoms with Crippen LogP contribution in [0.1, 0.15) is 64.4 Å². The van der Waals surface area contributed by atoms with E-state index >= 15 is 0 Å². The molecule has 186 valence electrons. The molecule has 33 heavy (non-hydrogen) atoms. The highest BCUT2D eigenvalue weighted by Gasteiger charge is 2.29. The first kappa shape index (κ1) is 28.4. The Labute approximate surface area is 197 Å². The lowest BCUT2D eigenvalue weighted by Gasteiger charge is -2.24. The molecule has 1 aromatic rings.